The Morgan fingerprint density at radius 2 is 1.80 bits per heavy atom. The number of hydrogen-bond donors (Lipinski definition) is 4. The number of carboxylic acid groups (broad SMARTS) is 1. The molecule has 1 aliphatic carbocycles. The van der Waals surface area contributed by atoms with Crippen molar-refractivity contribution in [3.05, 3.63) is 12.2 Å². The molecule has 1 rings (SSSR count). The molecule has 5 nitrogen and oxygen atoms in total. The summed E-state index contributed by atoms with van der Waals surface area (Å²) in [4.78, 5) is 10.5. The second-order valence-corrected chi connectivity index (χ2v) is 7.41. The van der Waals surface area contributed by atoms with E-state index in [4.69, 9.17) is 5.11 Å². The van der Waals surface area contributed by atoms with Crippen molar-refractivity contribution in [2.24, 2.45) is 11.8 Å². The fraction of sp³-hybridized carbons (Fsp3) is 0.850. The van der Waals surface area contributed by atoms with Gasteiger partial charge in [-0.2, -0.15) is 0 Å². The Kier molecular flexibility index (Phi) is 11.0. The van der Waals surface area contributed by atoms with Gasteiger partial charge in [0.2, 0.25) is 0 Å². The third-order valence-electron chi connectivity index (χ3n) is 5.25. The average molecular weight is 357 g/mol. The molecule has 1 fully saturated rings. The number of carboxylic acids is 1. The zero-order chi connectivity index (χ0) is 18.7. The number of rotatable bonds is 13. The van der Waals surface area contributed by atoms with E-state index < -0.39 is 24.3 Å². The van der Waals surface area contributed by atoms with E-state index in [0.717, 1.165) is 51.4 Å². The van der Waals surface area contributed by atoms with Gasteiger partial charge in [0, 0.05) is 18.8 Å². The Morgan fingerprint density at radius 1 is 1.08 bits per heavy atom. The molecule has 0 unspecified atom stereocenters. The van der Waals surface area contributed by atoms with Crippen LogP contribution in [-0.4, -0.2) is 44.7 Å². The summed E-state index contributed by atoms with van der Waals surface area (Å²) in [6.07, 6.45) is 11.0. The minimum atomic E-state index is -0.753. The molecular weight excluding hydrogens is 320 g/mol. The van der Waals surface area contributed by atoms with Gasteiger partial charge in [-0.1, -0.05) is 57.6 Å². The molecule has 0 radical (unpaired) electrons. The molecule has 0 aromatic carbocycles. The highest BCUT2D eigenvalue weighted by Gasteiger charge is 2.39. The van der Waals surface area contributed by atoms with Crippen molar-refractivity contribution in [2.45, 2.75) is 95.9 Å². The highest BCUT2D eigenvalue weighted by Crippen LogP contribution is 2.37. The summed E-state index contributed by atoms with van der Waals surface area (Å²) in [6, 6.07) is 0. The SMILES string of the molecule is CCCCC[C@@H](O)/C=C/[C@@H]1[C@H](CCCCCCC(=O)O)[C@H](O)C[C@@H]1O. The third-order valence-corrected chi connectivity index (χ3v) is 5.25. The number of carbonyl (C=O) groups is 1. The Labute approximate surface area is 151 Å². The lowest BCUT2D eigenvalue weighted by Gasteiger charge is -2.21. The van der Waals surface area contributed by atoms with Gasteiger partial charge >= 0.3 is 5.97 Å². The van der Waals surface area contributed by atoms with Crippen molar-refractivity contribution in [1.29, 1.82) is 0 Å². The second-order valence-electron chi connectivity index (χ2n) is 7.41. The first-order valence-electron chi connectivity index (χ1n) is 9.90. The lowest BCUT2D eigenvalue weighted by Crippen LogP contribution is -2.21. The lowest BCUT2D eigenvalue weighted by atomic mass is 9.88. The first kappa shape index (κ1) is 22.1. The van der Waals surface area contributed by atoms with Crippen LogP contribution in [-0.2, 0) is 4.79 Å². The number of unbranched alkanes of at least 4 members (excludes halogenated alkanes) is 5. The maximum Gasteiger partial charge on any atom is 0.303 e. The molecule has 0 amide bonds. The van der Waals surface area contributed by atoms with Crippen molar-refractivity contribution in [1.82, 2.24) is 0 Å². The highest BCUT2D eigenvalue weighted by molar-refractivity contribution is 5.66. The predicted octanol–water partition coefficient (Wildman–Crippen LogP) is 3.27. The molecular formula is C20H36O5. The minimum absolute atomic E-state index is 0.0218. The van der Waals surface area contributed by atoms with Crippen molar-refractivity contribution >= 4 is 5.97 Å². The van der Waals surface area contributed by atoms with E-state index in [1.165, 1.54) is 0 Å². The molecule has 0 heterocycles. The molecule has 25 heavy (non-hydrogen) atoms. The Hall–Kier alpha value is -0.910. The van der Waals surface area contributed by atoms with Crippen LogP contribution in [0, 0.1) is 11.8 Å². The van der Waals surface area contributed by atoms with E-state index in [9.17, 15) is 20.1 Å². The molecule has 1 aliphatic rings. The summed E-state index contributed by atoms with van der Waals surface area (Å²) in [5.74, 6) is -0.833. The van der Waals surface area contributed by atoms with E-state index in [0.29, 0.717) is 12.8 Å². The van der Waals surface area contributed by atoms with Crippen LogP contribution in [0.5, 0.6) is 0 Å². The molecule has 1 saturated carbocycles. The molecule has 0 aromatic heterocycles. The quantitative estimate of drug-likeness (QED) is 0.300. The van der Waals surface area contributed by atoms with E-state index in [2.05, 4.69) is 6.92 Å². The zero-order valence-corrected chi connectivity index (χ0v) is 15.5. The van der Waals surface area contributed by atoms with Crippen LogP contribution < -0.4 is 0 Å². The maximum atomic E-state index is 10.5. The van der Waals surface area contributed by atoms with Crippen LogP contribution in [0.3, 0.4) is 0 Å². The van der Waals surface area contributed by atoms with Crippen molar-refractivity contribution < 1.29 is 25.2 Å². The molecule has 5 heteroatoms. The topological polar surface area (TPSA) is 98.0 Å². The van der Waals surface area contributed by atoms with E-state index >= 15 is 0 Å². The van der Waals surface area contributed by atoms with E-state index in [-0.39, 0.29) is 18.3 Å². The van der Waals surface area contributed by atoms with Crippen LogP contribution in [0.2, 0.25) is 0 Å². The second kappa shape index (κ2) is 12.4. The van der Waals surface area contributed by atoms with Gasteiger partial charge in [0.25, 0.3) is 0 Å². The van der Waals surface area contributed by atoms with Gasteiger partial charge < -0.3 is 20.4 Å². The van der Waals surface area contributed by atoms with Crippen LogP contribution in [0.1, 0.15) is 77.6 Å². The molecule has 0 bridgehead atoms. The summed E-state index contributed by atoms with van der Waals surface area (Å²) >= 11 is 0. The lowest BCUT2D eigenvalue weighted by molar-refractivity contribution is -0.137. The van der Waals surface area contributed by atoms with Gasteiger partial charge in [0.1, 0.15) is 0 Å². The standard InChI is InChI=1S/C20H36O5/c1-2-3-6-9-15(21)12-13-17-16(18(22)14-19(17)23)10-7-4-5-8-11-20(24)25/h12-13,15-19,21-23H,2-11,14H2,1H3,(H,24,25)/b13-12+/t15-,16+,17-,18-,19+/m1/s1. The number of aliphatic hydroxyl groups is 3. The van der Waals surface area contributed by atoms with Crippen molar-refractivity contribution in [3.63, 3.8) is 0 Å². The summed E-state index contributed by atoms with van der Waals surface area (Å²) in [5.41, 5.74) is 0. The fourth-order valence-electron chi connectivity index (χ4n) is 3.74. The third kappa shape index (κ3) is 8.84. The normalized spacial score (nSPS) is 27.8. The number of hydrogen-bond acceptors (Lipinski definition) is 4. The molecule has 0 saturated heterocycles. The fourth-order valence-corrected chi connectivity index (χ4v) is 3.74. The van der Waals surface area contributed by atoms with Gasteiger partial charge in [-0.3, -0.25) is 4.79 Å². The van der Waals surface area contributed by atoms with Gasteiger partial charge in [-0.15, -0.1) is 0 Å². The Morgan fingerprint density at radius 3 is 2.48 bits per heavy atom. The number of aliphatic hydroxyl groups excluding tert-OH is 3. The van der Waals surface area contributed by atoms with Crippen LogP contribution >= 0.6 is 0 Å². The molecule has 0 aromatic rings. The summed E-state index contributed by atoms with van der Waals surface area (Å²) < 4.78 is 0. The van der Waals surface area contributed by atoms with Gasteiger partial charge in [0.05, 0.1) is 18.3 Å². The van der Waals surface area contributed by atoms with Crippen LogP contribution in [0.15, 0.2) is 12.2 Å². The minimum Gasteiger partial charge on any atom is -0.481 e. The smallest absolute Gasteiger partial charge is 0.303 e. The monoisotopic (exact) mass is 356 g/mol. The van der Waals surface area contributed by atoms with Crippen molar-refractivity contribution in [2.75, 3.05) is 0 Å². The maximum absolute atomic E-state index is 10.5. The first-order chi connectivity index (χ1) is 12.0. The summed E-state index contributed by atoms with van der Waals surface area (Å²) in [6.45, 7) is 2.13. The average Bonchev–Trinajstić information content (AvgIpc) is 2.82. The van der Waals surface area contributed by atoms with Crippen LogP contribution in [0.25, 0.3) is 0 Å². The molecule has 0 spiro atoms. The first-order valence-corrected chi connectivity index (χ1v) is 9.90. The van der Waals surface area contributed by atoms with E-state index in [1.54, 1.807) is 6.08 Å². The van der Waals surface area contributed by atoms with Gasteiger partial charge in [0.15, 0.2) is 0 Å². The van der Waals surface area contributed by atoms with Gasteiger partial charge in [-0.05, 0) is 25.2 Å². The Balaban J connectivity index is 2.38. The predicted molar refractivity (Wildman–Crippen MR) is 98.2 cm³/mol. The van der Waals surface area contributed by atoms with Crippen molar-refractivity contribution in [3.8, 4) is 0 Å². The summed E-state index contributed by atoms with van der Waals surface area (Å²) in [5, 5.41) is 39.0. The van der Waals surface area contributed by atoms with Gasteiger partial charge in [-0.25, -0.2) is 0 Å². The zero-order valence-electron chi connectivity index (χ0n) is 15.5. The Bertz CT molecular complexity index is 396. The molecule has 4 N–H and O–H groups in total. The molecule has 0 aliphatic heterocycles. The highest BCUT2D eigenvalue weighted by atomic mass is 16.4. The van der Waals surface area contributed by atoms with Crippen LogP contribution in [0.4, 0.5) is 0 Å². The molecule has 5 atom stereocenters. The van der Waals surface area contributed by atoms with E-state index in [1.807, 2.05) is 6.08 Å². The largest absolute Gasteiger partial charge is 0.481 e. The number of aliphatic carboxylic acids is 1. The summed E-state index contributed by atoms with van der Waals surface area (Å²) in [7, 11) is 0. The molecule has 146 valence electrons.